The van der Waals surface area contributed by atoms with Gasteiger partial charge in [-0.3, -0.25) is 0 Å². The van der Waals surface area contributed by atoms with Gasteiger partial charge in [0, 0.05) is 15.6 Å². The Morgan fingerprint density at radius 3 is 2.29 bits per heavy atom. The van der Waals surface area contributed by atoms with Gasteiger partial charge in [-0.25, -0.2) is 0 Å². The van der Waals surface area contributed by atoms with E-state index in [9.17, 15) is 5.11 Å². The summed E-state index contributed by atoms with van der Waals surface area (Å²) in [5, 5.41) is 10.6. The average Bonchev–Trinajstić information content (AvgIpc) is 2.16. The Bertz CT molecular complexity index is 297. The van der Waals surface area contributed by atoms with Crippen molar-refractivity contribution in [2.24, 2.45) is 5.73 Å². The van der Waals surface area contributed by atoms with Gasteiger partial charge in [-0.1, -0.05) is 36.2 Å². The van der Waals surface area contributed by atoms with Crippen LogP contribution in [0.2, 0.25) is 10.0 Å². The Labute approximate surface area is 93.6 Å². The molecule has 0 heterocycles. The SMILES string of the molecule is CCC(O)C(N)c1c(Cl)cccc1Cl. The molecule has 0 fully saturated rings. The third kappa shape index (κ3) is 2.39. The second-order valence-corrected chi connectivity index (χ2v) is 3.95. The predicted octanol–water partition coefficient (Wildman–Crippen LogP) is 2.76. The van der Waals surface area contributed by atoms with Crippen molar-refractivity contribution in [3.05, 3.63) is 33.8 Å². The van der Waals surface area contributed by atoms with Gasteiger partial charge < -0.3 is 10.8 Å². The molecule has 0 aliphatic heterocycles. The van der Waals surface area contributed by atoms with Crippen LogP contribution in [0.25, 0.3) is 0 Å². The summed E-state index contributed by atoms with van der Waals surface area (Å²) in [5.74, 6) is 0. The maximum absolute atomic E-state index is 9.59. The third-order valence-corrected chi connectivity index (χ3v) is 2.83. The van der Waals surface area contributed by atoms with Crippen molar-refractivity contribution in [3.63, 3.8) is 0 Å². The minimum atomic E-state index is -0.618. The van der Waals surface area contributed by atoms with Crippen LogP contribution in [0, 0.1) is 0 Å². The van der Waals surface area contributed by atoms with Crippen LogP contribution in [-0.4, -0.2) is 11.2 Å². The van der Waals surface area contributed by atoms with E-state index in [2.05, 4.69) is 0 Å². The zero-order valence-corrected chi connectivity index (χ0v) is 9.39. The van der Waals surface area contributed by atoms with E-state index in [0.717, 1.165) is 0 Å². The van der Waals surface area contributed by atoms with E-state index in [0.29, 0.717) is 22.0 Å². The maximum Gasteiger partial charge on any atom is 0.0731 e. The van der Waals surface area contributed by atoms with Gasteiger partial charge in [-0.2, -0.15) is 0 Å². The van der Waals surface area contributed by atoms with Crippen LogP contribution in [0.3, 0.4) is 0 Å². The molecule has 0 radical (unpaired) electrons. The minimum absolute atomic E-state index is 0.498. The molecular weight excluding hydrogens is 221 g/mol. The number of aliphatic hydroxyl groups excluding tert-OH is 1. The zero-order valence-electron chi connectivity index (χ0n) is 7.87. The molecule has 78 valence electrons. The molecule has 0 aliphatic carbocycles. The van der Waals surface area contributed by atoms with Gasteiger partial charge >= 0.3 is 0 Å². The molecule has 0 bridgehead atoms. The lowest BCUT2D eigenvalue weighted by molar-refractivity contribution is 0.141. The van der Waals surface area contributed by atoms with Gasteiger partial charge in [0.2, 0.25) is 0 Å². The number of benzene rings is 1. The van der Waals surface area contributed by atoms with E-state index in [4.69, 9.17) is 28.9 Å². The van der Waals surface area contributed by atoms with Crippen LogP contribution in [0.15, 0.2) is 18.2 Å². The summed E-state index contributed by atoms with van der Waals surface area (Å²) >= 11 is 11.9. The minimum Gasteiger partial charge on any atom is -0.391 e. The fourth-order valence-corrected chi connectivity index (χ4v) is 1.92. The van der Waals surface area contributed by atoms with Gasteiger partial charge in [0.1, 0.15) is 0 Å². The number of hydrogen-bond donors (Lipinski definition) is 2. The van der Waals surface area contributed by atoms with Crippen molar-refractivity contribution in [2.45, 2.75) is 25.5 Å². The van der Waals surface area contributed by atoms with Crippen LogP contribution >= 0.6 is 23.2 Å². The van der Waals surface area contributed by atoms with Crippen molar-refractivity contribution in [1.82, 2.24) is 0 Å². The van der Waals surface area contributed by atoms with Crippen molar-refractivity contribution in [2.75, 3.05) is 0 Å². The van der Waals surface area contributed by atoms with Crippen molar-refractivity contribution >= 4 is 23.2 Å². The summed E-state index contributed by atoms with van der Waals surface area (Å²) in [4.78, 5) is 0. The first-order valence-corrected chi connectivity index (χ1v) is 5.21. The van der Waals surface area contributed by atoms with Gasteiger partial charge in [0.25, 0.3) is 0 Å². The van der Waals surface area contributed by atoms with Crippen LogP contribution in [-0.2, 0) is 0 Å². The van der Waals surface area contributed by atoms with E-state index in [-0.39, 0.29) is 0 Å². The normalized spacial score (nSPS) is 15.2. The smallest absolute Gasteiger partial charge is 0.0731 e. The number of nitrogens with two attached hydrogens (primary N) is 1. The lowest BCUT2D eigenvalue weighted by Crippen LogP contribution is -2.26. The molecule has 2 nitrogen and oxygen atoms in total. The number of hydrogen-bond acceptors (Lipinski definition) is 2. The summed E-state index contributed by atoms with van der Waals surface area (Å²) in [6, 6.07) is 4.65. The highest BCUT2D eigenvalue weighted by Gasteiger charge is 2.20. The molecule has 0 spiro atoms. The number of rotatable bonds is 3. The molecule has 1 aromatic rings. The summed E-state index contributed by atoms with van der Waals surface area (Å²) in [6.45, 7) is 1.86. The lowest BCUT2D eigenvalue weighted by Gasteiger charge is -2.19. The Morgan fingerprint density at radius 1 is 1.36 bits per heavy atom. The van der Waals surface area contributed by atoms with E-state index in [1.165, 1.54) is 0 Å². The van der Waals surface area contributed by atoms with Crippen molar-refractivity contribution in [1.29, 1.82) is 0 Å². The van der Waals surface area contributed by atoms with E-state index in [1.54, 1.807) is 18.2 Å². The molecule has 3 N–H and O–H groups in total. The largest absolute Gasteiger partial charge is 0.391 e. The predicted molar refractivity (Wildman–Crippen MR) is 59.7 cm³/mol. The molecule has 1 rings (SSSR count). The Kier molecular flexibility index (Phi) is 4.20. The van der Waals surface area contributed by atoms with Gasteiger partial charge in [-0.05, 0) is 18.6 Å². The van der Waals surface area contributed by atoms with E-state index in [1.807, 2.05) is 6.92 Å². The first-order valence-electron chi connectivity index (χ1n) is 4.45. The summed E-state index contributed by atoms with van der Waals surface area (Å²) in [7, 11) is 0. The molecule has 4 heteroatoms. The molecule has 14 heavy (non-hydrogen) atoms. The van der Waals surface area contributed by atoms with Crippen LogP contribution in [0.4, 0.5) is 0 Å². The highest BCUT2D eigenvalue weighted by atomic mass is 35.5. The summed E-state index contributed by atoms with van der Waals surface area (Å²) in [6.07, 6.45) is -0.0460. The van der Waals surface area contributed by atoms with Crippen molar-refractivity contribution < 1.29 is 5.11 Å². The quantitative estimate of drug-likeness (QED) is 0.844. The number of halogens is 2. The van der Waals surface area contributed by atoms with E-state index >= 15 is 0 Å². The summed E-state index contributed by atoms with van der Waals surface area (Å²) < 4.78 is 0. The first-order chi connectivity index (χ1) is 6.57. The topological polar surface area (TPSA) is 46.2 Å². The Hall–Kier alpha value is -0.280. The summed E-state index contributed by atoms with van der Waals surface area (Å²) in [5.41, 5.74) is 6.45. The monoisotopic (exact) mass is 233 g/mol. The van der Waals surface area contributed by atoms with Crippen LogP contribution in [0.1, 0.15) is 24.9 Å². The third-order valence-electron chi connectivity index (χ3n) is 2.17. The standard InChI is InChI=1S/C10H13Cl2NO/c1-2-8(14)10(13)9-6(11)4-3-5-7(9)12/h3-5,8,10,14H,2,13H2,1H3. The average molecular weight is 234 g/mol. The molecule has 0 aliphatic rings. The molecule has 0 saturated carbocycles. The van der Waals surface area contributed by atoms with Crippen LogP contribution in [0.5, 0.6) is 0 Å². The van der Waals surface area contributed by atoms with E-state index < -0.39 is 12.1 Å². The molecule has 2 atom stereocenters. The highest BCUT2D eigenvalue weighted by Crippen LogP contribution is 2.31. The van der Waals surface area contributed by atoms with Crippen LogP contribution < -0.4 is 5.73 Å². The first kappa shape index (κ1) is 11.8. The molecular formula is C10H13Cl2NO. The van der Waals surface area contributed by atoms with Gasteiger partial charge in [0.15, 0.2) is 0 Å². The fraction of sp³-hybridized carbons (Fsp3) is 0.400. The number of aliphatic hydroxyl groups is 1. The molecule has 1 aromatic carbocycles. The van der Waals surface area contributed by atoms with Gasteiger partial charge in [0.05, 0.1) is 12.1 Å². The second kappa shape index (κ2) is 4.99. The fourth-order valence-electron chi connectivity index (χ4n) is 1.28. The Balaban J connectivity index is 3.05. The molecule has 0 saturated heterocycles. The second-order valence-electron chi connectivity index (χ2n) is 3.14. The lowest BCUT2D eigenvalue weighted by atomic mass is 10.0. The molecule has 2 unspecified atom stereocenters. The maximum atomic E-state index is 9.59. The molecule has 0 aromatic heterocycles. The highest BCUT2D eigenvalue weighted by molar-refractivity contribution is 6.36. The zero-order chi connectivity index (χ0) is 10.7. The van der Waals surface area contributed by atoms with Gasteiger partial charge in [-0.15, -0.1) is 0 Å². The van der Waals surface area contributed by atoms with Crippen molar-refractivity contribution in [3.8, 4) is 0 Å². The Morgan fingerprint density at radius 2 is 1.86 bits per heavy atom. The molecule has 0 amide bonds.